The van der Waals surface area contributed by atoms with Crippen LogP contribution in [0.1, 0.15) is 12.0 Å². The maximum Gasteiger partial charge on any atom is 0.240 e. The lowest BCUT2D eigenvalue weighted by Gasteiger charge is -2.29. The van der Waals surface area contributed by atoms with Crippen molar-refractivity contribution in [1.29, 1.82) is 0 Å². The fourth-order valence-electron chi connectivity index (χ4n) is 4.40. The maximum atomic E-state index is 12.8. The van der Waals surface area contributed by atoms with Gasteiger partial charge in [-0.2, -0.15) is 0 Å². The summed E-state index contributed by atoms with van der Waals surface area (Å²) in [6.07, 6.45) is 5.15. The van der Waals surface area contributed by atoms with E-state index in [0.29, 0.717) is 18.0 Å². The topological polar surface area (TPSA) is 102 Å². The number of aryl methyl sites for hydroxylation is 1. The Hall–Kier alpha value is -3.11. The molecule has 1 fully saturated rings. The van der Waals surface area contributed by atoms with E-state index in [0.717, 1.165) is 66.3 Å². The van der Waals surface area contributed by atoms with Gasteiger partial charge in [0.2, 0.25) is 10.0 Å². The highest BCUT2D eigenvalue weighted by atomic mass is 35.5. The van der Waals surface area contributed by atoms with Crippen molar-refractivity contribution < 1.29 is 8.42 Å². The van der Waals surface area contributed by atoms with Crippen LogP contribution in [0.15, 0.2) is 71.9 Å². The molecule has 10 heteroatoms. The Morgan fingerprint density at radius 3 is 2.64 bits per heavy atom. The van der Waals surface area contributed by atoms with Gasteiger partial charge in [-0.3, -0.25) is 0 Å². The van der Waals surface area contributed by atoms with Crippen LogP contribution < -0.4 is 20.3 Å². The molecule has 0 saturated carbocycles. The summed E-state index contributed by atoms with van der Waals surface area (Å²) < 4.78 is 28.2. The van der Waals surface area contributed by atoms with Gasteiger partial charge in [0.1, 0.15) is 5.82 Å². The highest BCUT2D eigenvalue weighted by Crippen LogP contribution is 2.24. The molecule has 188 valence electrons. The van der Waals surface area contributed by atoms with Crippen LogP contribution in [0.25, 0.3) is 10.9 Å². The fourth-order valence-corrected chi connectivity index (χ4v) is 5.65. The van der Waals surface area contributed by atoms with Crippen molar-refractivity contribution in [3.8, 4) is 0 Å². The Balaban J connectivity index is 1.16. The van der Waals surface area contributed by atoms with Crippen molar-refractivity contribution in [2.45, 2.75) is 17.7 Å². The molecule has 36 heavy (non-hydrogen) atoms. The minimum atomic E-state index is -3.60. The molecule has 5 rings (SSSR count). The number of H-pyrrole nitrogens is 1. The highest BCUT2D eigenvalue weighted by molar-refractivity contribution is 7.89. The molecule has 3 heterocycles. The molecule has 1 aliphatic heterocycles. The third-order valence-electron chi connectivity index (χ3n) is 6.31. The van der Waals surface area contributed by atoms with Crippen LogP contribution in [-0.4, -0.2) is 51.1 Å². The van der Waals surface area contributed by atoms with Gasteiger partial charge in [-0.1, -0.05) is 11.6 Å². The van der Waals surface area contributed by atoms with E-state index in [1.165, 1.54) is 0 Å². The molecular formula is C26H29ClN6O2S. The number of aromatic nitrogens is 2. The number of hydrogen-bond acceptors (Lipinski definition) is 6. The maximum absolute atomic E-state index is 12.8. The molecular weight excluding hydrogens is 496 g/mol. The molecule has 0 aliphatic carbocycles. The molecule has 0 unspecified atom stereocenters. The zero-order chi connectivity index (χ0) is 25.0. The van der Waals surface area contributed by atoms with Crippen LogP contribution >= 0.6 is 11.6 Å². The molecule has 4 N–H and O–H groups in total. The van der Waals surface area contributed by atoms with Crippen LogP contribution in [0, 0.1) is 0 Å². The summed E-state index contributed by atoms with van der Waals surface area (Å²) in [6, 6.07) is 16.5. The number of anilines is 3. The molecule has 8 nitrogen and oxygen atoms in total. The second kappa shape index (κ2) is 10.9. The Morgan fingerprint density at radius 1 is 1.03 bits per heavy atom. The lowest BCUT2D eigenvalue weighted by molar-refractivity contribution is 0.579. The van der Waals surface area contributed by atoms with Crippen LogP contribution in [0.3, 0.4) is 0 Å². The minimum Gasteiger partial charge on any atom is -0.369 e. The first kappa shape index (κ1) is 24.6. The lowest BCUT2D eigenvalue weighted by Crippen LogP contribution is -2.43. The number of pyridine rings is 1. The smallest absolute Gasteiger partial charge is 0.240 e. The summed E-state index contributed by atoms with van der Waals surface area (Å²) in [5.74, 6) is 0.721. The second-order valence-electron chi connectivity index (χ2n) is 8.79. The summed E-state index contributed by atoms with van der Waals surface area (Å²) in [6.45, 7) is 4.19. The Morgan fingerprint density at radius 2 is 1.83 bits per heavy atom. The summed E-state index contributed by atoms with van der Waals surface area (Å²) in [7, 11) is -3.60. The number of sulfonamides is 1. The number of benzene rings is 2. The average molecular weight is 525 g/mol. The quantitative estimate of drug-likeness (QED) is 0.244. The molecule has 1 saturated heterocycles. The molecule has 0 atom stereocenters. The molecule has 0 amide bonds. The van der Waals surface area contributed by atoms with Gasteiger partial charge >= 0.3 is 0 Å². The molecule has 0 radical (unpaired) electrons. The third-order valence-corrected chi connectivity index (χ3v) is 8.02. The van der Waals surface area contributed by atoms with E-state index in [4.69, 9.17) is 11.6 Å². The molecule has 2 aromatic carbocycles. The summed E-state index contributed by atoms with van der Waals surface area (Å²) in [5.41, 5.74) is 4.04. The third kappa shape index (κ3) is 5.82. The van der Waals surface area contributed by atoms with E-state index in [9.17, 15) is 8.42 Å². The van der Waals surface area contributed by atoms with E-state index >= 15 is 0 Å². The van der Waals surface area contributed by atoms with Crippen LogP contribution in [0.2, 0.25) is 5.02 Å². The van der Waals surface area contributed by atoms with Crippen molar-refractivity contribution >= 4 is 49.7 Å². The SMILES string of the molecule is O=S(=O)(NCCCc1c[nH]c2ccc(Cl)cc12)c1ccc(Nc2cc(N3CCNCC3)ccn2)cc1. The van der Waals surface area contributed by atoms with Crippen LogP contribution in [0.5, 0.6) is 0 Å². The summed E-state index contributed by atoms with van der Waals surface area (Å²) >= 11 is 6.11. The van der Waals surface area contributed by atoms with E-state index in [1.54, 1.807) is 30.5 Å². The first-order valence-electron chi connectivity index (χ1n) is 12.0. The van der Waals surface area contributed by atoms with Gasteiger partial charge in [0, 0.05) is 78.5 Å². The van der Waals surface area contributed by atoms with Gasteiger partial charge < -0.3 is 20.5 Å². The lowest BCUT2D eigenvalue weighted by atomic mass is 10.1. The molecule has 0 spiro atoms. The Kier molecular flexibility index (Phi) is 7.43. The number of halogens is 1. The zero-order valence-corrected chi connectivity index (χ0v) is 21.4. The molecule has 4 aromatic rings. The normalized spacial score (nSPS) is 14.3. The summed E-state index contributed by atoms with van der Waals surface area (Å²) in [5, 5.41) is 8.38. The Labute approximate surface area is 216 Å². The number of hydrogen-bond donors (Lipinski definition) is 4. The Bertz CT molecular complexity index is 1430. The predicted molar refractivity (Wildman–Crippen MR) is 146 cm³/mol. The van der Waals surface area contributed by atoms with Gasteiger partial charge in [-0.05, 0) is 66.9 Å². The standard InChI is InChI=1S/C26H29ClN6O2S/c27-20-3-8-25-24(16-20)19(18-30-25)2-1-10-31-36(34,35)23-6-4-21(5-7-23)32-26-17-22(9-11-29-26)33-14-12-28-13-15-33/h3-9,11,16-18,28,30-31H,1-2,10,12-15H2,(H,29,32). The average Bonchev–Trinajstić information content (AvgIpc) is 3.29. The van der Waals surface area contributed by atoms with Crippen molar-refractivity contribution in [1.82, 2.24) is 20.0 Å². The number of piperazine rings is 1. The van der Waals surface area contributed by atoms with Crippen LogP contribution in [0.4, 0.5) is 17.2 Å². The van der Waals surface area contributed by atoms with Gasteiger partial charge in [-0.25, -0.2) is 18.1 Å². The number of fused-ring (bicyclic) bond motifs is 1. The first-order chi connectivity index (χ1) is 17.5. The number of nitrogens with one attached hydrogen (secondary N) is 4. The fraction of sp³-hybridized carbons (Fsp3) is 0.269. The zero-order valence-electron chi connectivity index (χ0n) is 19.8. The van der Waals surface area contributed by atoms with Gasteiger partial charge in [0.05, 0.1) is 4.90 Å². The number of nitrogens with zero attached hydrogens (tertiary/aromatic N) is 2. The first-order valence-corrected chi connectivity index (χ1v) is 13.9. The number of rotatable bonds is 9. The molecule has 2 aromatic heterocycles. The number of aromatic amines is 1. The van der Waals surface area contributed by atoms with Gasteiger partial charge in [-0.15, -0.1) is 0 Å². The molecule has 0 bridgehead atoms. The van der Waals surface area contributed by atoms with E-state index in [-0.39, 0.29) is 4.90 Å². The highest BCUT2D eigenvalue weighted by Gasteiger charge is 2.14. The van der Waals surface area contributed by atoms with E-state index in [1.807, 2.05) is 36.5 Å². The predicted octanol–water partition coefficient (Wildman–Crippen LogP) is 4.28. The second-order valence-corrected chi connectivity index (χ2v) is 11.0. The van der Waals surface area contributed by atoms with Crippen molar-refractivity contribution in [3.05, 3.63) is 77.6 Å². The minimum absolute atomic E-state index is 0.231. The monoisotopic (exact) mass is 524 g/mol. The van der Waals surface area contributed by atoms with Gasteiger partial charge in [0.15, 0.2) is 0 Å². The summed E-state index contributed by atoms with van der Waals surface area (Å²) in [4.78, 5) is 10.2. The van der Waals surface area contributed by atoms with Gasteiger partial charge in [0.25, 0.3) is 0 Å². The van der Waals surface area contributed by atoms with Crippen molar-refractivity contribution in [2.75, 3.05) is 42.9 Å². The van der Waals surface area contributed by atoms with E-state index in [2.05, 4.69) is 30.2 Å². The van der Waals surface area contributed by atoms with E-state index < -0.39 is 10.0 Å². The molecule has 1 aliphatic rings. The van der Waals surface area contributed by atoms with Crippen LogP contribution in [-0.2, 0) is 16.4 Å². The van der Waals surface area contributed by atoms with Crippen molar-refractivity contribution in [3.63, 3.8) is 0 Å². The largest absolute Gasteiger partial charge is 0.369 e. The van der Waals surface area contributed by atoms with Crippen molar-refractivity contribution in [2.24, 2.45) is 0 Å².